The van der Waals surface area contributed by atoms with Crippen LogP contribution >= 0.6 is 0 Å². The minimum Gasteiger partial charge on any atom is -0.479 e. The molecule has 8 nitrogen and oxygen atoms in total. The molecule has 0 spiro atoms. The molecule has 0 aliphatic carbocycles. The van der Waals surface area contributed by atoms with Gasteiger partial charge in [-0.25, -0.2) is 8.42 Å². The first-order chi connectivity index (χ1) is 15.2. The van der Waals surface area contributed by atoms with Gasteiger partial charge in [0.2, 0.25) is 15.9 Å². The topological polar surface area (TPSA) is 96.0 Å². The lowest BCUT2D eigenvalue weighted by molar-refractivity contribution is -0.127. The van der Waals surface area contributed by atoms with Crippen molar-refractivity contribution in [3.8, 4) is 5.75 Å². The minimum atomic E-state index is -3.76. The largest absolute Gasteiger partial charge is 0.479 e. The third-order valence-electron chi connectivity index (χ3n) is 5.57. The number of carbonyl (C=O) groups excluding carboxylic acids is 2. The number of nitrogens with zero attached hydrogens (tertiary/aromatic N) is 2. The van der Waals surface area contributed by atoms with E-state index in [0.717, 1.165) is 11.1 Å². The number of fused-ring (bicyclic) bond motifs is 1. The van der Waals surface area contributed by atoms with Crippen LogP contribution in [0.3, 0.4) is 0 Å². The Morgan fingerprint density at radius 3 is 2.47 bits per heavy atom. The molecule has 2 aliphatic rings. The van der Waals surface area contributed by atoms with Gasteiger partial charge in [0.25, 0.3) is 5.91 Å². The Bertz CT molecular complexity index is 1170. The van der Waals surface area contributed by atoms with Crippen molar-refractivity contribution in [1.82, 2.24) is 9.21 Å². The molecule has 0 aromatic heterocycles. The summed E-state index contributed by atoms with van der Waals surface area (Å²) in [5, 5.41) is 2.67. The molecular weight excluding hydrogens is 430 g/mol. The Kier molecular flexibility index (Phi) is 6.03. The average Bonchev–Trinajstić information content (AvgIpc) is 2.79. The van der Waals surface area contributed by atoms with Crippen molar-refractivity contribution >= 4 is 33.6 Å². The van der Waals surface area contributed by atoms with Gasteiger partial charge in [0.15, 0.2) is 6.10 Å². The average molecular weight is 456 g/mol. The van der Waals surface area contributed by atoms with Crippen molar-refractivity contribution in [2.24, 2.45) is 0 Å². The van der Waals surface area contributed by atoms with Gasteiger partial charge in [-0.1, -0.05) is 29.8 Å². The van der Waals surface area contributed by atoms with E-state index in [1.807, 2.05) is 31.2 Å². The molecule has 0 saturated carbocycles. The smallest absolute Gasteiger partial charge is 0.265 e. The first kappa shape index (κ1) is 22.0. The van der Waals surface area contributed by atoms with Crippen LogP contribution in [0.25, 0.3) is 6.08 Å². The van der Waals surface area contributed by atoms with Gasteiger partial charge in [-0.05, 0) is 43.7 Å². The Balaban J connectivity index is 1.40. The molecule has 4 rings (SSSR count). The van der Waals surface area contributed by atoms with E-state index in [2.05, 4.69) is 5.32 Å². The summed E-state index contributed by atoms with van der Waals surface area (Å²) in [6.07, 6.45) is 2.65. The summed E-state index contributed by atoms with van der Waals surface area (Å²) in [4.78, 5) is 26.1. The third-order valence-corrected chi connectivity index (χ3v) is 7.46. The van der Waals surface area contributed by atoms with E-state index >= 15 is 0 Å². The van der Waals surface area contributed by atoms with Gasteiger partial charge in [-0.2, -0.15) is 4.31 Å². The zero-order valence-corrected chi connectivity index (χ0v) is 18.8. The van der Waals surface area contributed by atoms with Crippen LogP contribution in [-0.2, 0) is 19.6 Å². The number of hydrogen-bond donors (Lipinski definition) is 1. The monoisotopic (exact) mass is 455 g/mol. The highest BCUT2D eigenvalue weighted by Gasteiger charge is 2.31. The summed E-state index contributed by atoms with van der Waals surface area (Å²) in [5.74, 6) is -0.0323. The molecular formula is C23H25N3O5S. The predicted octanol–water partition coefficient (Wildman–Crippen LogP) is 2.26. The fourth-order valence-electron chi connectivity index (χ4n) is 3.60. The first-order valence-corrected chi connectivity index (χ1v) is 11.8. The number of sulfonamides is 1. The summed E-state index contributed by atoms with van der Waals surface area (Å²) in [5.41, 5.74) is 2.42. The molecule has 2 aromatic carbocycles. The molecule has 1 atom stereocenters. The van der Waals surface area contributed by atoms with Crippen molar-refractivity contribution in [1.29, 1.82) is 0 Å². The molecule has 0 bridgehead atoms. The number of amides is 2. The number of benzene rings is 2. The fourth-order valence-corrected chi connectivity index (χ4v) is 5.05. The molecule has 9 heteroatoms. The first-order valence-electron chi connectivity index (χ1n) is 10.4. The number of nitrogens with one attached hydrogen (secondary N) is 1. The summed E-state index contributed by atoms with van der Waals surface area (Å²) in [6.45, 7) is 4.63. The quantitative estimate of drug-likeness (QED) is 0.714. The Hall–Kier alpha value is -3.17. The predicted molar refractivity (Wildman–Crippen MR) is 121 cm³/mol. The molecule has 0 unspecified atom stereocenters. The van der Waals surface area contributed by atoms with Gasteiger partial charge in [0, 0.05) is 32.3 Å². The highest BCUT2D eigenvalue weighted by molar-refractivity contribution is 7.89. The Morgan fingerprint density at radius 2 is 1.78 bits per heavy atom. The summed E-state index contributed by atoms with van der Waals surface area (Å²) in [7, 11) is -3.76. The number of carbonyl (C=O) groups is 2. The SMILES string of the molecule is Cc1ccc(/C=C/C(=O)N2CCN(S(=O)(=O)c3ccc4c(c3)NC(=O)[C@H](C)O4)CC2)cc1. The van der Waals surface area contributed by atoms with Gasteiger partial charge < -0.3 is 15.0 Å². The maximum absolute atomic E-state index is 13.1. The number of aryl methyl sites for hydroxylation is 1. The van der Waals surface area contributed by atoms with E-state index in [-0.39, 0.29) is 29.8 Å². The van der Waals surface area contributed by atoms with Crippen molar-refractivity contribution in [2.75, 3.05) is 31.5 Å². The fraction of sp³-hybridized carbons (Fsp3) is 0.304. The van der Waals surface area contributed by atoms with E-state index in [0.29, 0.717) is 24.5 Å². The molecule has 2 aromatic rings. The molecule has 168 valence electrons. The molecule has 32 heavy (non-hydrogen) atoms. The molecule has 1 saturated heterocycles. The highest BCUT2D eigenvalue weighted by Crippen LogP contribution is 2.32. The lowest BCUT2D eigenvalue weighted by Crippen LogP contribution is -2.50. The van der Waals surface area contributed by atoms with Crippen LogP contribution in [0.4, 0.5) is 5.69 Å². The summed E-state index contributed by atoms with van der Waals surface area (Å²) in [6, 6.07) is 12.3. The second-order valence-electron chi connectivity index (χ2n) is 7.88. The van der Waals surface area contributed by atoms with E-state index in [4.69, 9.17) is 4.74 Å². The second kappa shape index (κ2) is 8.76. The second-order valence-corrected chi connectivity index (χ2v) is 9.82. The number of anilines is 1. The Morgan fingerprint density at radius 1 is 1.09 bits per heavy atom. The Labute approximate surface area is 187 Å². The van der Waals surface area contributed by atoms with Gasteiger partial charge in [-0.15, -0.1) is 0 Å². The third kappa shape index (κ3) is 4.53. The molecule has 1 N–H and O–H groups in total. The number of hydrogen-bond acceptors (Lipinski definition) is 5. The van der Waals surface area contributed by atoms with Crippen molar-refractivity contribution in [3.63, 3.8) is 0 Å². The van der Waals surface area contributed by atoms with E-state index in [9.17, 15) is 18.0 Å². The molecule has 1 fully saturated rings. The van der Waals surface area contributed by atoms with Crippen LogP contribution in [0.2, 0.25) is 0 Å². The lowest BCUT2D eigenvalue weighted by Gasteiger charge is -2.33. The molecule has 2 amide bonds. The standard InChI is InChI=1S/C23H25N3O5S/c1-16-3-5-18(6-4-16)7-10-22(27)25-11-13-26(14-12-25)32(29,30)19-8-9-21-20(15-19)24-23(28)17(2)31-21/h3-10,15,17H,11-14H2,1-2H3,(H,24,28)/b10-7+/t17-/m0/s1. The van der Waals surface area contributed by atoms with Crippen LogP contribution in [0, 0.1) is 6.92 Å². The minimum absolute atomic E-state index is 0.0775. The lowest BCUT2D eigenvalue weighted by atomic mass is 10.1. The van der Waals surface area contributed by atoms with Crippen LogP contribution in [0.15, 0.2) is 53.4 Å². The van der Waals surface area contributed by atoms with Crippen molar-refractivity contribution < 1.29 is 22.7 Å². The van der Waals surface area contributed by atoms with Gasteiger partial charge in [0.1, 0.15) is 5.75 Å². The van der Waals surface area contributed by atoms with Gasteiger partial charge >= 0.3 is 0 Å². The van der Waals surface area contributed by atoms with Crippen molar-refractivity contribution in [3.05, 3.63) is 59.7 Å². The maximum Gasteiger partial charge on any atom is 0.265 e. The summed E-state index contributed by atoms with van der Waals surface area (Å²) >= 11 is 0. The molecule has 2 aliphatic heterocycles. The van der Waals surface area contributed by atoms with Crippen LogP contribution < -0.4 is 10.1 Å². The summed E-state index contributed by atoms with van der Waals surface area (Å²) < 4.78 is 33.0. The maximum atomic E-state index is 13.1. The van der Waals surface area contributed by atoms with Crippen LogP contribution in [-0.4, -0.2) is 61.7 Å². The van der Waals surface area contributed by atoms with Gasteiger partial charge in [-0.3, -0.25) is 9.59 Å². The zero-order chi connectivity index (χ0) is 22.9. The highest BCUT2D eigenvalue weighted by atomic mass is 32.2. The van der Waals surface area contributed by atoms with E-state index in [1.165, 1.54) is 22.5 Å². The van der Waals surface area contributed by atoms with E-state index < -0.39 is 16.1 Å². The van der Waals surface area contributed by atoms with Crippen molar-refractivity contribution in [2.45, 2.75) is 24.8 Å². The number of ether oxygens (including phenoxy) is 1. The van der Waals surface area contributed by atoms with Crippen LogP contribution in [0.1, 0.15) is 18.1 Å². The van der Waals surface area contributed by atoms with Crippen LogP contribution in [0.5, 0.6) is 5.75 Å². The molecule has 2 heterocycles. The number of rotatable bonds is 4. The normalized spacial score (nSPS) is 19.4. The van der Waals surface area contributed by atoms with E-state index in [1.54, 1.807) is 24.0 Å². The number of piperazine rings is 1. The van der Waals surface area contributed by atoms with Gasteiger partial charge in [0.05, 0.1) is 10.6 Å². The molecule has 0 radical (unpaired) electrons. The zero-order valence-electron chi connectivity index (χ0n) is 17.9.